The molecule has 0 aliphatic carbocycles. The lowest BCUT2D eigenvalue weighted by atomic mass is 10.1. The number of aliphatic imine (C=N–C) groups is 1. The molecule has 0 radical (unpaired) electrons. The minimum absolute atomic E-state index is 0.0140. The molecule has 0 rings (SSSR count). The van der Waals surface area contributed by atoms with Gasteiger partial charge < -0.3 is 53.6 Å². The number of carbonyl (C=O) groups excluding carboxylic acids is 3. The number of aliphatic carboxylic acids is 3. The van der Waals surface area contributed by atoms with Crippen LogP contribution in [0.3, 0.4) is 0 Å². The molecule has 0 saturated heterocycles. The maximum atomic E-state index is 12.6. The standard InChI is InChI=1S/C17H29N7O10/c18-7(6-25)13(30)23-9(4-11(26)27)15(32)22-8(2-1-3-21-17(19)20)14(31)24-10(16(33)34)5-12(28)29/h7-10,25H,1-6,18H2,(H,22,32)(H,23,30)(H,24,31)(H,26,27)(H,28,29)(H,33,34)(H4,19,20,21). The minimum atomic E-state index is -1.82. The molecule has 0 aromatic heterocycles. The van der Waals surface area contributed by atoms with E-state index in [2.05, 4.69) is 10.3 Å². The second-order valence-electron chi connectivity index (χ2n) is 6.96. The van der Waals surface area contributed by atoms with Crippen molar-refractivity contribution in [3.8, 4) is 0 Å². The number of guanidine groups is 1. The third-order valence-corrected chi connectivity index (χ3v) is 4.12. The minimum Gasteiger partial charge on any atom is -0.481 e. The van der Waals surface area contributed by atoms with Gasteiger partial charge in [-0.15, -0.1) is 0 Å². The van der Waals surface area contributed by atoms with Crippen molar-refractivity contribution < 1.29 is 49.2 Å². The number of aliphatic hydroxyl groups is 1. The van der Waals surface area contributed by atoms with Gasteiger partial charge in [0, 0.05) is 6.54 Å². The van der Waals surface area contributed by atoms with E-state index in [9.17, 15) is 28.8 Å². The van der Waals surface area contributed by atoms with Crippen LogP contribution in [0.2, 0.25) is 0 Å². The lowest BCUT2D eigenvalue weighted by molar-refractivity contribution is -0.147. The predicted molar refractivity (Wildman–Crippen MR) is 113 cm³/mol. The van der Waals surface area contributed by atoms with Gasteiger partial charge in [0.05, 0.1) is 19.4 Å². The number of amides is 3. The summed E-state index contributed by atoms with van der Waals surface area (Å²) in [5.74, 6) is -8.14. The number of carboxylic acid groups (broad SMARTS) is 3. The Morgan fingerprint density at radius 3 is 1.71 bits per heavy atom. The summed E-state index contributed by atoms with van der Waals surface area (Å²) in [6.07, 6.45) is -1.93. The fourth-order valence-electron chi connectivity index (χ4n) is 2.44. The first-order valence-electron chi connectivity index (χ1n) is 9.77. The van der Waals surface area contributed by atoms with Gasteiger partial charge in [0.25, 0.3) is 0 Å². The van der Waals surface area contributed by atoms with Crippen molar-refractivity contribution in [3.05, 3.63) is 0 Å². The highest BCUT2D eigenvalue weighted by molar-refractivity contribution is 5.96. The van der Waals surface area contributed by atoms with Crippen LogP contribution in [0.4, 0.5) is 0 Å². The Morgan fingerprint density at radius 2 is 1.24 bits per heavy atom. The number of carboxylic acids is 3. The van der Waals surface area contributed by atoms with Crippen LogP contribution in [0, 0.1) is 0 Å². The number of carbonyl (C=O) groups is 6. The van der Waals surface area contributed by atoms with E-state index >= 15 is 0 Å². The molecule has 3 amide bonds. The summed E-state index contributed by atoms with van der Waals surface area (Å²) in [5.41, 5.74) is 15.7. The van der Waals surface area contributed by atoms with Gasteiger partial charge >= 0.3 is 17.9 Å². The van der Waals surface area contributed by atoms with E-state index in [4.69, 9.17) is 37.6 Å². The molecule has 34 heavy (non-hydrogen) atoms. The van der Waals surface area contributed by atoms with E-state index in [-0.39, 0.29) is 25.3 Å². The molecule has 0 saturated carbocycles. The zero-order valence-electron chi connectivity index (χ0n) is 18.0. The van der Waals surface area contributed by atoms with E-state index in [1.807, 2.05) is 10.6 Å². The number of aliphatic hydroxyl groups excluding tert-OH is 1. The summed E-state index contributed by atoms with van der Waals surface area (Å²) in [7, 11) is 0. The number of hydrogen-bond acceptors (Lipinski definition) is 9. The lowest BCUT2D eigenvalue weighted by Gasteiger charge is -2.24. The van der Waals surface area contributed by atoms with Gasteiger partial charge in [0.1, 0.15) is 24.2 Å². The van der Waals surface area contributed by atoms with Gasteiger partial charge in [-0.3, -0.25) is 29.0 Å². The molecule has 0 aromatic carbocycles. The summed E-state index contributed by atoms with van der Waals surface area (Å²) < 4.78 is 0. The van der Waals surface area contributed by atoms with Crippen LogP contribution in [0.5, 0.6) is 0 Å². The van der Waals surface area contributed by atoms with E-state index in [0.717, 1.165) is 0 Å². The van der Waals surface area contributed by atoms with Crippen LogP contribution in [-0.4, -0.2) is 99.3 Å². The number of rotatable bonds is 16. The van der Waals surface area contributed by atoms with Gasteiger partial charge in [0.2, 0.25) is 17.7 Å². The normalized spacial score (nSPS) is 13.9. The third-order valence-electron chi connectivity index (χ3n) is 4.12. The zero-order valence-corrected chi connectivity index (χ0v) is 18.0. The molecule has 0 fully saturated rings. The smallest absolute Gasteiger partial charge is 0.326 e. The topological polar surface area (TPSA) is 310 Å². The third kappa shape index (κ3) is 12.2. The van der Waals surface area contributed by atoms with Crippen LogP contribution >= 0.6 is 0 Å². The molecule has 0 heterocycles. The average Bonchev–Trinajstić information content (AvgIpc) is 2.72. The summed E-state index contributed by atoms with van der Waals surface area (Å²) in [5, 5.41) is 42.1. The predicted octanol–water partition coefficient (Wildman–Crippen LogP) is -5.15. The summed E-state index contributed by atoms with van der Waals surface area (Å²) in [6, 6.07) is -6.45. The van der Waals surface area contributed by atoms with Gasteiger partial charge in [0.15, 0.2) is 5.96 Å². The fourth-order valence-corrected chi connectivity index (χ4v) is 2.44. The van der Waals surface area contributed by atoms with Crippen molar-refractivity contribution in [2.75, 3.05) is 13.2 Å². The van der Waals surface area contributed by atoms with Crippen LogP contribution in [0.15, 0.2) is 4.99 Å². The van der Waals surface area contributed by atoms with Crippen molar-refractivity contribution >= 4 is 41.6 Å². The summed E-state index contributed by atoms with van der Waals surface area (Å²) in [4.78, 5) is 74.0. The van der Waals surface area contributed by atoms with Crippen LogP contribution in [0.1, 0.15) is 25.7 Å². The van der Waals surface area contributed by atoms with Gasteiger partial charge in [-0.2, -0.15) is 0 Å². The highest BCUT2D eigenvalue weighted by Gasteiger charge is 2.31. The Bertz CT molecular complexity index is 800. The van der Waals surface area contributed by atoms with E-state index in [1.54, 1.807) is 0 Å². The van der Waals surface area contributed by atoms with Crippen molar-refractivity contribution in [1.82, 2.24) is 16.0 Å². The largest absolute Gasteiger partial charge is 0.481 e. The highest BCUT2D eigenvalue weighted by Crippen LogP contribution is 2.04. The van der Waals surface area contributed by atoms with E-state index < -0.39 is 79.2 Å². The van der Waals surface area contributed by atoms with Crippen molar-refractivity contribution in [2.45, 2.75) is 49.9 Å². The SMILES string of the molecule is NC(N)=NCCCC(NC(=O)C(CC(=O)O)NC(=O)C(N)CO)C(=O)NC(CC(=O)O)C(=O)O. The first-order valence-corrected chi connectivity index (χ1v) is 9.77. The molecular formula is C17H29N7O10. The monoisotopic (exact) mass is 491 g/mol. The fraction of sp³-hybridized carbons (Fsp3) is 0.588. The molecule has 0 bridgehead atoms. The van der Waals surface area contributed by atoms with Crippen molar-refractivity contribution in [2.24, 2.45) is 22.2 Å². The number of nitrogens with one attached hydrogen (secondary N) is 3. The van der Waals surface area contributed by atoms with Crippen molar-refractivity contribution in [1.29, 1.82) is 0 Å². The second-order valence-corrected chi connectivity index (χ2v) is 6.96. The molecule has 0 aliphatic heterocycles. The van der Waals surface area contributed by atoms with Crippen LogP contribution in [-0.2, 0) is 28.8 Å². The first kappa shape index (κ1) is 30.0. The number of nitrogens with two attached hydrogens (primary N) is 3. The van der Waals surface area contributed by atoms with Gasteiger partial charge in [-0.25, -0.2) is 4.79 Å². The van der Waals surface area contributed by atoms with Crippen molar-refractivity contribution in [3.63, 3.8) is 0 Å². The first-order chi connectivity index (χ1) is 15.8. The van der Waals surface area contributed by atoms with Crippen LogP contribution < -0.4 is 33.2 Å². The molecule has 13 N–H and O–H groups in total. The molecule has 4 unspecified atom stereocenters. The summed E-state index contributed by atoms with van der Waals surface area (Å²) in [6.45, 7) is -0.774. The Morgan fingerprint density at radius 1 is 0.765 bits per heavy atom. The Kier molecular flexibility index (Phi) is 13.2. The molecule has 17 nitrogen and oxygen atoms in total. The molecule has 0 aliphatic rings. The molecule has 0 spiro atoms. The van der Waals surface area contributed by atoms with E-state index in [1.165, 1.54) is 0 Å². The molecular weight excluding hydrogens is 462 g/mol. The molecule has 4 atom stereocenters. The molecule has 17 heteroatoms. The highest BCUT2D eigenvalue weighted by atomic mass is 16.4. The second kappa shape index (κ2) is 15.0. The maximum absolute atomic E-state index is 12.6. The van der Waals surface area contributed by atoms with Gasteiger partial charge in [-0.1, -0.05) is 0 Å². The molecule has 192 valence electrons. The quantitative estimate of drug-likeness (QED) is 0.0549. The van der Waals surface area contributed by atoms with E-state index in [0.29, 0.717) is 0 Å². The maximum Gasteiger partial charge on any atom is 0.326 e. The van der Waals surface area contributed by atoms with Crippen LogP contribution in [0.25, 0.3) is 0 Å². The average molecular weight is 491 g/mol. The Hall–Kier alpha value is -3.99. The number of hydrogen-bond donors (Lipinski definition) is 10. The lowest BCUT2D eigenvalue weighted by Crippen LogP contribution is -2.58. The Balaban J connectivity index is 5.63. The number of nitrogens with zero attached hydrogens (tertiary/aromatic N) is 1. The Labute approximate surface area is 192 Å². The molecule has 0 aromatic rings. The summed E-state index contributed by atoms with van der Waals surface area (Å²) >= 11 is 0. The zero-order chi connectivity index (χ0) is 26.4. The van der Waals surface area contributed by atoms with Gasteiger partial charge in [-0.05, 0) is 12.8 Å².